The van der Waals surface area contributed by atoms with Crippen LogP contribution in [0.25, 0.3) is 0 Å². The van der Waals surface area contributed by atoms with E-state index in [0.717, 1.165) is 19.5 Å². The van der Waals surface area contributed by atoms with Gasteiger partial charge in [-0.15, -0.1) is 0 Å². The largest absolute Gasteiger partial charge is 0.298 e. The van der Waals surface area contributed by atoms with Crippen molar-refractivity contribution in [2.45, 2.75) is 47.1 Å². The Morgan fingerprint density at radius 1 is 1.23 bits per heavy atom. The third-order valence-electron chi connectivity index (χ3n) is 2.42. The zero-order chi connectivity index (χ0) is 10.4. The van der Waals surface area contributed by atoms with E-state index in [2.05, 4.69) is 32.6 Å². The molecule has 0 aliphatic heterocycles. The van der Waals surface area contributed by atoms with Gasteiger partial charge in [-0.25, -0.2) is 0 Å². The first kappa shape index (κ1) is 12.6. The molecule has 0 aromatic rings. The van der Waals surface area contributed by atoms with Crippen LogP contribution < -0.4 is 0 Å². The molecule has 0 fully saturated rings. The zero-order valence-corrected chi connectivity index (χ0v) is 9.63. The molecule has 0 saturated carbocycles. The Kier molecular flexibility index (Phi) is 5.97. The van der Waals surface area contributed by atoms with Crippen molar-refractivity contribution in [3.05, 3.63) is 0 Å². The minimum Gasteiger partial charge on any atom is -0.298 e. The molecule has 1 atom stereocenters. The van der Waals surface area contributed by atoms with Gasteiger partial charge in [-0.1, -0.05) is 27.7 Å². The van der Waals surface area contributed by atoms with Crippen LogP contribution >= 0.6 is 0 Å². The summed E-state index contributed by atoms with van der Waals surface area (Å²) in [7, 11) is 0. The molecule has 0 heterocycles. The summed E-state index contributed by atoms with van der Waals surface area (Å²) in [5.41, 5.74) is 0. The second-order valence-corrected chi connectivity index (χ2v) is 3.98. The normalized spacial score (nSPS) is 13.8. The predicted molar refractivity (Wildman–Crippen MR) is 56.8 cm³/mol. The molecule has 0 bridgehead atoms. The minimum atomic E-state index is 0.134. The number of hydrogen-bond donors (Lipinski definition) is 0. The van der Waals surface area contributed by atoms with E-state index in [4.69, 9.17) is 0 Å². The lowest BCUT2D eigenvalue weighted by Crippen LogP contribution is -2.40. The molecule has 0 aliphatic rings. The third kappa shape index (κ3) is 4.41. The Bertz CT molecular complexity index is 150. The van der Waals surface area contributed by atoms with Gasteiger partial charge in [-0.05, 0) is 32.4 Å². The summed E-state index contributed by atoms with van der Waals surface area (Å²) in [6, 6.07) is 0.134. The van der Waals surface area contributed by atoms with Crippen LogP contribution in [0.5, 0.6) is 0 Å². The molecular weight excluding hydrogens is 162 g/mol. The Morgan fingerprint density at radius 3 is 1.92 bits per heavy atom. The van der Waals surface area contributed by atoms with Gasteiger partial charge < -0.3 is 0 Å². The summed E-state index contributed by atoms with van der Waals surface area (Å²) in [5.74, 6) is 0.895. The van der Waals surface area contributed by atoms with Crippen LogP contribution in [0.4, 0.5) is 0 Å². The molecule has 0 rings (SSSR count). The maximum atomic E-state index is 11.4. The molecule has 2 nitrogen and oxygen atoms in total. The number of hydrogen-bond acceptors (Lipinski definition) is 2. The molecule has 0 N–H and O–H groups in total. The standard InChI is InChI=1S/C11H23NO/c1-6-12(7-2)11(10(5)13)8-9(3)4/h9,11H,6-8H2,1-5H3. The van der Waals surface area contributed by atoms with Crippen molar-refractivity contribution >= 4 is 5.78 Å². The van der Waals surface area contributed by atoms with E-state index in [1.165, 1.54) is 0 Å². The molecule has 0 radical (unpaired) electrons. The fourth-order valence-electron chi connectivity index (χ4n) is 1.68. The highest BCUT2D eigenvalue weighted by Gasteiger charge is 2.20. The van der Waals surface area contributed by atoms with Gasteiger partial charge in [0.15, 0.2) is 0 Å². The smallest absolute Gasteiger partial charge is 0.146 e. The van der Waals surface area contributed by atoms with Crippen LogP contribution in [-0.2, 0) is 4.79 Å². The van der Waals surface area contributed by atoms with Gasteiger partial charge in [0.1, 0.15) is 5.78 Å². The van der Waals surface area contributed by atoms with Crippen LogP contribution in [0.1, 0.15) is 41.0 Å². The number of ketones is 1. The van der Waals surface area contributed by atoms with Crippen molar-refractivity contribution in [1.29, 1.82) is 0 Å². The maximum Gasteiger partial charge on any atom is 0.146 e. The highest BCUT2D eigenvalue weighted by atomic mass is 16.1. The summed E-state index contributed by atoms with van der Waals surface area (Å²) < 4.78 is 0. The van der Waals surface area contributed by atoms with Crippen molar-refractivity contribution in [1.82, 2.24) is 4.90 Å². The Hall–Kier alpha value is -0.370. The highest BCUT2D eigenvalue weighted by molar-refractivity contribution is 5.81. The Labute approximate surface area is 82.3 Å². The first-order chi connectivity index (χ1) is 6.02. The molecule has 0 aromatic heterocycles. The molecule has 0 aliphatic carbocycles. The molecule has 0 spiro atoms. The lowest BCUT2D eigenvalue weighted by Gasteiger charge is -2.28. The number of likely N-dealkylation sites (N-methyl/N-ethyl adjacent to an activating group) is 1. The average Bonchev–Trinajstić information content (AvgIpc) is 2.04. The number of carbonyl (C=O) groups is 1. The molecule has 78 valence electrons. The van der Waals surface area contributed by atoms with Gasteiger partial charge >= 0.3 is 0 Å². The van der Waals surface area contributed by atoms with E-state index in [0.29, 0.717) is 11.7 Å². The zero-order valence-electron chi connectivity index (χ0n) is 9.63. The summed E-state index contributed by atoms with van der Waals surface area (Å²) in [5, 5.41) is 0. The number of rotatable bonds is 6. The molecular formula is C11H23NO. The maximum absolute atomic E-state index is 11.4. The van der Waals surface area contributed by atoms with Crippen LogP contribution in [0, 0.1) is 5.92 Å². The first-order valence-corrected chi connectivity index (χ1v) is 5.27. The van der Waals surface area contributed by atoms with Gasteiger partial charge in [0, 0.05) is 0 Å². The lowest BCUT2D eigenvalue weighted by molar-refractivity contribution is -0.122. The first-order valence-electron chi connectivity index (χ1n) is 5.27. The molecule has 2 heteroatoms. The highest BCUT2D eigenvalue weighted by Crippen LogP contribution is 2.12. The summed E-state index contributed by atoms with van der Waals surface area (Å²) in [6.07, 6.45) is 0.983. The quantitative estimate of drug-likeness (QED) is 0.633. The van der Waals surface area contributed by atoms with Crippen molar-refractivity contribution in [2.75, 3.05) is 13.1 Å². The van der Waals surface area contributed by atoms with Crippen LogP contribution in [0.15, 0.2) is 0 Å². The number of nitrogens with zero attached hydrogens (tertiary/aromatic N) is 1. The number of Topliss-reactive ketones (excluding diaryl/α,β-unsaturated/α-hetero) is 1. The predicted octanol–water partition coefficient (Wildman–Crippen LogP) is 2.33. The topological polar surface area (TPSA) is 20.3 Å². The monoisotopic (exact) mass is 185 g/mol. The minimum absolute atomic E-state index is 0.134. The van der Waals surface area contributed by atoms with Gasteiger partial charge in [0.2, 0.25) is 0 Å². The van der Waals surface area contributed by atoms with E-state index in [1.807, 2.05) is 0 Å². The molecule has 0 saturated heterocycles. The molecule has 13 heavy (non-hydrogen) atoms. The lowest BCUT2D eigenvalue weighted by atomic mass is 9.99. The number of carbonyl (C=O) groups excluding carboxylic acids is 1. The molecule has 0 aromatic carbocycles. The van der Waals surface area contributed by atoms with E-state index < -0.39 is 0 Å². The fourth-order valence-corrected chi connectivity index (χ4v) is 1.68. The summed E-state index contributed by atoms with van der Waals surface area (Å²) >= 11 is 0. The SMILES string of the molecule is CCN(CC)C(CC(C)C)C(C)=O. The van der Waals surface area contributed by atoms with Crippen molar-refractivity contribution in [2.24, 2.45) is 5.92 Å². The summed E-state index contributed by atoms with van der Waals surface area (Å²) in [4.78, 5) is 13.6. The van der Waals surface area contributed by atoms with Gasteiger partial charge in [0.25, 0.3) is 0 Å². The van der Waals surface area contributed by atoms with Crippen LogP contribution in [0.3, 0.4) is 0 Å². The van der Waals surface area contributed by atoms with Crippen molar-refractivity contribution in [3.63, 3.8) is 0 Å². The van der Waals surface area contributed by atoms with Crippen molar-refractivity contribution < 1.29 is 4.79 Å². The second-order valence-electron chi connectivity index (χ2n) is 3.98. The second kappa shape index (κ2) is 6.14. The summed E-state index contributed by atoms with van der Waals surface area (Å²) in [6.45, 7) is 12.2. The van der Waals surface area contributed by atoms with E-state index in [-0.39, 0.29) is 6.04 Å². The van der Waals surface area contributed by atoms with Crippen LogP contribution in [0.2, 0.25) is 0 Å². The molecule has 1 unspecified atom stereocenters. The van der Waals surface area contributed by atoms with E-state index in [9.17, 15) is 4.79 Å². The molecule has 0 amide bonds. The van der Waals surface area contributed by atoms with E-state index >= 15 is 0 Å². The van der Waals surface area contributed by atoms with Gasteiger partial charge in [-0.3, -0.25) is 9.69 Å². The Balaban J connectivity index is 4.30. The Morgan fingerprint density at radius 2 is 1.69 bits per heavy atom. The fraction of sp³-hybridized carbons (Fsp3) is 0.909. The van der Waals surface area contributed by atoms with E-state index in [1.54, 1.807) is 6.92 Å². The van der Waals surface area contributed by atoms with Crippen molar-refractivity contribution in [3.8, 4) is 0 Å². The average molecular weight is 185 g/mol. The van der Waals surface area contributed by atoms with Gasteiger partial charge in [-0.2, -0.15) is 0 Å². The van der Waals surface area contributed by atoms with Gasteiger partial charge in [0.05, 0.1) is 6.04 Å². The third-order valence-corrected chi connectivity index (χ3v) is 2.42. The van der Waals surface area contributed by atoms with Crippen LogP contribution in [-0.4, -0.2) is 29.8 Å².